The third-order valence-corrected chi connectivity index (χ3v) is 4.09. The molecule has 5 heteroatoms. The van der Waals surface area contributed by atoms with Crippen LogP contribution in [0.2, 0.25) is 0 Å². The fraction of sp³-hybridized carbons (Fsp3) is 0.200. The summed E-state index contributed by atoms with van der Waals surface area (Å²) in [5.74, 6) is -0.267. The molecular weight excluding hydrogens is 272 g/mol. The van der Waals surface area contributed by atoms with Gasteiger partial charge >= 0.3 is 0 Å². The molecule has 4 nitrogen and oxygen atoms in total. The van der Waals surface area contributed by atoms with Crippen molar-refractivity contribution < 1.29 is 9.59 Å². The Morgan fingerprint density at radius 1 is 1.05 bits per heavy atom. The number of rotatable bonds is 4. The standard InChI is InChI=1S/C15H16N2O2S/c1-3-12-8-9-13(20-12)15(19)17-11-6-4-10(5-7-11)14(18)16-2/h4-9H,3H2,1-2H3,(H,16,18)(H,17,19). The van der Waals surface area contributed by atoms with Gasteiger partial charge in [-0.3, -0.25) is 9.59 Å². The second kappa shape index (κ2) is 6.34. The van der Waals surface area contributed by atoms with E-state index in [1.165, 1.54) is 16.2 Å². The monoisotopic (exact) mass is 288 g/mol. The molecule has 2 aromatic rings. The summed E-state index contributed by atoms with van der Waals surface area (Å²) in [7, 11) is 1.58. The van der Waals surface area contributed by atoms with Crippen LogP contribution in [0.15, 0.2) is 36.4 Å². The van der Waals surface area contributed by atoms with Gasteiger partial charge in [0.05, 0.1) is 4.88 Å². The number of hydrogen-bond donors (Lipinski definition) is 2. The van der Waals surface area contributed by atoms with Gasteiger partial charge in [-0.1, -0.05) is 6.92 Å². The lowest BCUT2D eigenvalue weighted by Crippen LogP contribution is -2.17. The lowest BCUT2D eigenvalue weighted by Gasteiger charge is -2.05. The van der Waals surface area contributed by atoms with Crippen LogP contribution in [0, 0.1) is 0 Å². The maximum Gasteiger partial charge on any atom is 0.265 e. The van der Waals surface area contributed by atoms with Crippen molar-refractivity contribution >= 4 is 28.8 Å². The molecule has 0 atom stereocenters. The maximum absolute atomic E-state index is 12.0. The molecule has 1 aromatic heterocycles. The fourth-order valence-electron chi connectivity index (χ4n) is 1.73. The van der Waals surface area contributed by atoms with E-state index in [2.05, 4.69) is 17.6 Å². The quantitative estimate of drug-likeness (QED) is 0.908. The Labute approximate surface area is 121 Å². The largest absolute Gasteiger partial charge is 0.355 e. The zero-order chi connectivity index (χ0) is 14.5. The summed E-state index contributed by atoms with van der Waals surface area (Å²) < 4.78 is 0. The fourth-order valence-corrected chi connectivity index (χ4v) is 2.57. The maximum atomic E-state index is 12.0. The zero-order valence-electron chi connectivity index (χ0n) is 11.4. The highest BCUT2D eigenvalue weighted by atomic mass is 32.1. The van der Waals surface area contributed by atoms with Gasteiger partial charge in [-0.15, -0.1) is 11.3 Å². The van der Waals surface area contributed by atoms with Crippen molar-refractivity contribution in [3.63, 3.8) is 0 Å². The summed E-state index contributed by atoms with van der Waals surface area (Å²) in [6.07, 6.45) is 0.929. The first-order valence-electron chi connectivity index (χ1n) is 6.36. The molecule has 0 aliphatic heterocycles. The van der Waals surface area contributed by atoms with Crippen LogP contribution in [-0.2, 0) is 6.42 Å². The average Bonchev–Trinajstić information content (AvgIpc) is 2.96. The highest BCUT2D eigenvalue weighted by molar-refractivity contribution is 7.14. The Morgan fingerprint density at radius 2 is 1.75 bits per heavy atom. The van der Waals surface area contributed by atoms with Gasteiger partial charge in [0.1, 0.15) is 0 Å². The Morgan fingerprint density at radius 3 is 2.30 bits per heavy atom. The van der Waals surface area contributed by atoms with Crippen LogP contribution in [0.4, 0.5) is 5.69 Å². The molecule has 104 valence electrons. The van der Waals surface area contributed by atoms with Gasteiger partial charge in [0.25, 0.3) is 11.8 Å². The van der Waals surface area contributed by atoms with E-state index < -0.39 is 0 Å². The number of carbonyl (C=O) groups excluding carboxylic acids is 2. The number of benzene rings is 1. The molecule has 0 bridgehead atoms. The number of anilines is 1. The van der Waals surface area contributed by atoms with E-state index in [1.807, 2.05) is 12.1 Å². The Kier molecular flexibility index (Phi) is 4.53. The van der Waals surface area contributed by atoms with Gasteiger partial charge in [0.15, 0.2) is 0 Å². The van der Waals surface area contributed by atoms with Gasteiger partial charge in [0.2, 0.25) is 0 Å². The third-order valence-electron chi connectivity index (χ3n) is 2.87. The van der Waals surface area contributed by atoms with E-state index in [-0.39, 0.29) is 11.8 Å². The Bertz CT molecular complexity index is 617. The molecule has 2 N–H and O–H groups in total. The van der Waals surface area contributed by atoms with E-state index in [0.717, 1.165) is 6.42 Å². The molecule has 0 radical (unpaired) electrons. The molecule has 0 fully saturated rings. The second-order valence-electron chi connectivity index (χ2n) is 4.23. The van der Waals surface area contributed by atoms with Crippen molar-refractivity contribution in [3.05, 3.63) is 51.7 Å². The first-order valence-corrected chi connectivity index (χ1v) is 7.18. The lowest BCUT2D eigenvalue weighted by atomic mass is 10.2. The topological polar surface area (TPSA) is 58.2 Å². The van der Waals surface area contributed by atoms with Gasteiger partial charge in [-0.05, 0) is 42.8 Å². The predicted octanol–water partition coefficient (Wildman–Crippen LogP) is 2.92. The molecule has 0 spiro atoms. The van der Waals surface area contributed by atoms with E-state index in [9.17, 15) is 9.59 Å². The summed E-state index contributed by atoms with van der Waals surface area (Å²) in [5.41, 5.74) is 1.24. The van der Waals surface area contributed by atoms with Crippen LogP contribution in [0.3, 0.4) is 0 Å². The molecule has 20 heavy (non-hydrogen) atoms. The van der Waals surface area contributed by atoms with Crippen molar-refractivity contribution in [1.82, 2.24) is 5.32 Å². The number of amides is 2. The highest BCUT2D eigenvalue weighted by Crippen LogP contribution is 2.19. The summed E-state index contributed by atoms with van der Waals surface area (Å²) in [5, 5.41) is 5.37. The van der Waals surface area contributed by atoms with Crippen LogP contribution in [0.1, 0.15) is 31.8 Å². The number of carbonyl (C=O) groups is 2. The van der Waals surface area contributed by atoms with Gasteiger partial charge in [0, 0.05) is 23.2 Å². The Balaban J connectivity index is 2.06. The number of thiophene rings is 1. The first-order chi connectivity index (χ1) is 9.63. The van der Waals surface area contributed by atoms with Crippen molar-refractivity contribution in [2.75, 3.05) is 12.4 Å². The summed E-state index contributed by atoms with van der Waals surface area (Å²) in [6, 6.07) is 10.6. The van der Waals surface area contributed by atoms with Crippen LogP contribution in [0.5, 0.6) is 0 Å². The summed E-state index contributed by atoms with van der Waals surface area (Å²) in [4.78, 5) is 25.3. The molecule has 2 amide bonds. The van der Waals surface area contributed by atoms with Crippen molar-refractivity contribution in [3.8, 4) is 0 Å². The van der Waals surface area contributed by atoms with Crippen LogP contribution in [-0.4, -0.2) is 18.9 Å². The minimum atomic E-state index is -0.145. The van der Waals surface area contributed by atoms with E-state index in [1.54, 1.807) is 31.3 Å². The highest BCUT2D eigenvalue weighted by Gasteiger charge is 2.09. The number of nitrogens with one attached hydrogen (secondary N) is 2. The molecule has 2 rings (SSSR count). The summed E-state index contributed by atoms with van der Waals surface area (Å²) in [6.45, 7) is 2.06. The van der Waals surface area contributed by atoms with Crippen molar-refractivity contribution in [2.24, 2.45) is 0 Å². The number of hydrogen-bond acceptors (Lipinski definition) is 3. The van der Waals surface area contributed by atoms with E-state index in [4.69, 9.17) is 0 Å². The molecule has 1 aromatic carbocycles. The summed E-state index contributed by atoms with van der Waals surface area (Å²) >= 11 is 1.50. The van der Waals surface area contributed by atoms with Crippen LogP contribution in [0.25, 0.3) is 0 Å². The predicted molar refractivity (Wildman–Crippen MR) is 81.5 cm³/mol. The van der Waals surface area contributed by atoms with Crippen LogP contribution < -0.4 is 10.6 Å². The van der Waals surface area contributed by atoms with Gasteiger partial charge in [-0.2, -0.15) is 0 Å². The zero-order valence-corrected chi connectivity index (χ0v) is 12.2. The first kappa shape index (κ1) is 14.3. The second-order valence-corrected chi connectivity index (χ2v) is 5.40. The molecular formula is C15H16N2O2S. The smallest absolute Gasteiger partial charge is 0.265 e. The van der Waals surface area contributed by atoms with E-state index >= 15 is 0 Å². The minimum absolute atomic E-state index is 0.123. The minimum Gasteiger partial charge on any atom is -0.355 e. The third kappa shape index (κ3) is 3.24. The number of aryl methyl sites for hydroxylation is 1. The van der Waals surface area contributed by atoms with Gasteiger partial charge in [-0.25, -0.2) is 0 Å². The van der Waals surface area contributed by atoms with Crippen molar-refractivity contribution in [1.29, 1.82) is 0 Å². The molecule has 0 aliphatic rings. The van der Waals surface area contributed by atoms with E-state index in [0.29, 0.717) is 16.1 Å². The molecule has 0 saturated heterocycles. The molecule has 0 unspecified atom stereocenters. The average molecular weight is 288 g/mol. The van der Waals surface area contributed by atoms with Crippen LogP contribution >= 0.6 is 11.3 Å². The normalized spacial score (nSPS) is 10.1. The van der Waals surface area contributed by atoms with Gasteiger partial charge < -0.3 is 10.6 Å². The van der Waals surface area contributed by atoms with Crippen molar-refractivity contribution in [2.45, 2.75) is 13.3 Å². The SMILES string of the molecule is CCc1ccc(C(=O)Nc2ccc(C(=O)NC)cc2)s1. The molecule has 0 saturated carbocycles. The molecule has 0 aliphatic carbocycles. The Hall–Kier alpha value is -2.14. The molecule has 1 heterocycles. The lowest BCUT2D eigenvalue weighted by molar-refractivity contribution is 0.0962.